The summed E-state index contributed by atoms with van der Waals surface area (Å²) in [7, 11) is 0. The fourth-order valence-electron chi connectivity index (χ4n) is 1.47. The molecule has 0 fully saturated rings. The standard InChI is InChI=1S/C14H23NO/c1-10(2)12(4)16-14(9-15)13-7-5-11(3)6-8-13/h5-8,10,12,14H,9,15H2,1-4H3. The number of hydrogen-bond acceptors (Lipinski definition) is 2. The van der Waals surface area contributed by atoms with Crippen LogP contribution in [0.2, 0.25) is 0 Å². The van der Waals surface area contributed by atoms with E-state index >= 15 is 0 Å². The topological polar surface area (TPSA) is 35.2 Å². The van der Waals surface area contributed by atoms with Gasteiger partial charge in [-0.1, -0.05) is 43.7 Å². The van der Waals surface area contributed by atoms with Crippen molar-refractivity contribution in [1.82, 2.24) is 0 Å². The van der Waals surface area contributed by atoms with Gasteiger partial charge in [-0.3, -0.25) is 0 Å². The first-order valence-corrected chi connectivity index (χ1v) is 5.96. The molecule has 0 aromatic heterocycles. The van der Waals surface area contributed by atoms with Gasteiger partial charge in [0.25, 0.3) is 0 Å². The van der Waals surface area contributed by atoms with Gasteiger partial charge in [-0.15, -0.1) is 0 Å². The number of ether oxygens (including phenoxy) is 1. The second-order valence-electron chi connectivity index (χ2n) is 4.72. The molecule has 0 radical (unpaired) electrons. The number of nitrogens with two attached hydrogens (primary N) is 1. The molecule has 2 atom stereocenters. The predicted molar refractivity (Wildman–Crippen MR) is 68.4 cm³/mol. The Kier molecular flexibility index (Phi) is 4.97. The molecule has 1 aromatic rings. The van der Waals surface area contributed by atoms with Crippen LogP contribution in [0.5, 0.6) is 0 Å². The Morgan fingerprint density at radius 2 is 1.69 bits per heavy atom. The van der Waals surface area contributed by atoms with Crippen molar-refractivity contribution >= 4 is 0 Å². The first-order valence-electron chi connectivity index (χ1n) is 5.96. The molecule has 0 bridgehead atoms. The summed E-state index contributed by atoms with van der Waals surface area (Å²) in [5, 5.41) is 0. The van der Waals surface area contributed by atoms with Gasteiger partial charge in [-0.25, -0.2) is 0 Å². The van der Waals surface area contributed by atoms with Crippen molar-refractivity contribution in [2.24, 2.45) is 11.7 Å². The molecule has 0 spiro atoms. The molecule has 90 valence electrons. The third-order valence-electron chi connectivity index (χ3n) is 2.98. The molecule has 0 aliphatic carbocycles. The van der Waals surface area contributed by atoms with Crippen molar-refractivity contribution in [3.63, 3.8) is 0 Å². The molecule has 2 N–H and O–H groups in total. The second kappa shape index (κ2) is 6.02. The van der Waals surface area contributed by atoms with Crippen LogP contribution in [0.1, 0.15) is 38.0 Å². The average molecular weight is 221 g/mol. The van der Waals surface area contributed by atoms with Crippen LogP contribution in [0.3, 0.4) is 0 Å². The molecule has 0 saturated carbocycles. The van der Waals surface area contributed by atoms with Crippen LogP contribution in [-0.4, -0.2) is 12.6 Å². The monoisotopic (exact) mass is 221 g/mol. The molecule has 16 heavy (non-hydrogen) atoms. The Labute approximate surface area is 98.8 Å². The molecule has 0 aliphatic heterocycles. The van der Waals surface area contributed by atoms with Crippen LogP contribution in [0.15, 0.2) is 24.3 Å². The van der Waals surface area contributed by atoms with E-state index in [-0.39, 0.29) is 12.2 Å². The van der Waals surface area contributed by atoms with E-state index in [4.69, 9.17) is 10.5 Å². The molecule has 2 heteroatoms. The van der Waals surface area contributed by atoms with E-state index in [1.54, 1.807) is 0 Å². The summed E-state index contributed by atoms with van der Waals surface area (Å²) in [6.07, 6.45) is 0.243. The third-order valence-corrected chi connectivity index (χ3v) is 2.98. The maximum Gasteiger partial charge on any atom is 0.0950 e. The minimum absolute atomic E-state index is 0.0120. The zero-order valence-electron chi connectivity index (χ0n) is 10.7. The lowest BCUT2D eigenvalue weighted by atomic mass is 10.1. The van der Waals surface area contributed by atoms with Gasteiger partial charge in [0, 0.05) is 6.54 Å². The third kappa shape index (κ3) is 3.62. The molecule has 0 amide bonds. The minimum Gasteiger partial charge on any atom is -0.369 e. The fourth-order valence-corrected chi connectivity index (χ4v) is 1.47. The van der Waals surface area contributed by atoms with Gasteiger partial charge >= 0.3 is 0 Å². The van der Waals surface area contributed by atoms with Crippen LogP contribution in [-0.2, 0) is 4.74 Å². The maximum absolute atomic E-state index is 5.96. The smallest absolute Gasteiger partial charge is 0.0950 e. The Balaban J connectivity index is 2.70. The predicted octanol–water partition coefficient (Wildman–Crippen LogP) is 3.06. The van der Waals surface area contributed by atoms with Crippen LogP contribution >= 0.6 is 0 Å². The van der Waals surface area contributed by atoms with Gasteiger partial charge in [-0.05, 0) is 25.3 Å². The first kappa shape index (κ1) is 13.2. The minimum atomic E-state index is 0.0120. The summed E-state index contributed by atoms with van der Waals surface area (Å²) in [6.45, 7) is 9.03. The van der Waals surface area contributed by atoms with E-state index in [1.807, 2.05) is 0 Å². The van der Waals surface area contributed by atoms with Gasteiger partial charge in [0.2, 0.25) is 0 Å². The number of aryl methyl sites for hydroxylation is 1. The van der Waals surface area contributed by atoms with E-state index in [0.717, 1.165) is 0 Å². The van der Waals surface area contributed by atoms with E-state index in [0.29, 0.717) is 12.5 Å². The SMILES string of the molecule is Cc1ccc(C(CN)OC(C)C(C)C)cc1. The fraction of sp³-hybridized carbons (Fsp3) is 0.571. The Morgan fingerprint density at radius 1 is 1.12 bits per heavy atom. The van der Waals surface area contributed by atoms with Crippen molar-refractivity contribution in [3.8, 4) is 0 Å². The van der Waals surface area contributed by atoms with Crippen molar-refractivity contribution in [2.45, 2.75) is 39.9 Å². The Morgan fingerprint density at radius 3 is 2.12 bits per heavy atom. The summed E-state index contributed by atoms with van der Waals surface area (Å²) in [5.74, 6) is 0.513. The van der Waals surface area contributed by atoms with E-state index in [9.17, 15) is 0 Å². The summed E-state index contributed by atoms with van der Waals surface area (Å²) in [6, 6.07) is 8.39. The van der Waals surface area contributed by atoms with Crippen LogP contribution in [0, 0.1) is 12.8 Å². The number of benzene rings is 1. The lowest BCUT2D eigenvalue weighted by Crippen LogP contribution is -2.24. The summed E-state index contributed by atoms with van der Waals surface area (Å²) in [5.41, 5.74) is 8.19. The molecule has 0 aliphatic rings. The van der Waals surface area contributed by atoms with Crippen LogP contribution in [0.25, 0.3) is 0 Å². The second-order valence-corrected chi connectivity index (χ2v) is 4.72. The molecule has 0 heterocycles. The van der Waals surface area contributed by atoms with Gasteiger partial charge < -0.3 is 10.5 Å². The highest BCUT2D eigenvalue weighted by Gasteiger charge is 2.16. The zero-order chi connectivity index (χ0) is 12.1. The number of rotatable bonds is 5. The molecular weight excluding hydrogens is 198 g/mol. The van der Waals surface area contributed by atoms with E-state index in [1.165, 1.54) is 11.1 Å². The molecule has 2 unspecified atom stereocenters. The van der Waals surface area contributed by atoms with E-state index < -0.39 is 0 Å². The molecule has 1 rings (SSSR count). The van der Waals surface area contributed by atoms with Crippen molar-refractivity contribution in [3.05, 3.63) is 35.4 Å². The first-order chi connectivity index (χ1) is 7.54. The van der Waals surface area contributed by atoms with Gasteiger partial charge in [0.1, 0.15) is 0 Å². The molecule has 1 aromatic carbocycles. The maximum atomic E-state index is 5.96. The quantitative estimate of drug-likeness (QED) is 0.829. The highest BCUT2D eigenvalue weighted by molar-refractivity contribution is 5.23. The molecule has 2 nitrogen and oxygen atoms in total. The van der Waals surface area contributed by atoms with E-state index in [2.05, 4.69) is 52.0 Å². The lowest BCUT2D eigenvalue weighted by Gasteiger charge is -2.24. The zero-order valence-corrected chi connectivity index (χ0v) is 10.7. The molecule has 0 saturated heterocycles. The van der Waals surface area contributed by atoms with Crippen molar-refractivity contribution < 1.29 is 4.74 Å². The normalized spacial score (nSPS) is 15.1. The largest absolute Gasteiger partial charge is 0.369 e. The molecular formula is C14H23NO. The van der Waals surface area contributed by atoms with Crippen LogP contribution in [0.4, 0.5) is 0 Å². The van der Waals surface area contributed by atoms with Crippen LogP contribution < -0.4 is 5.73 Å². The van der Waals surface area contributed by atoms with Gasteiger partial charge in [-0.2, -0.15) is 0 Å². The summed E-state index contributed by atoms with van der Waals surface area (Å²) in [4.78, 5) is 0. The average Bonchev–Trinajstić information content (AvgIpc) is 2.26. The van der Waals surface area contributed by atoms with Crippen molar-refractivity contribution in [2.75, 3.05) is 6.54 Å². The highest BCUT2D eigenvalue weighted by Crippen LogP contribution is 2.21. The highest BCUT2D eigenvalue weighted by atomic mass is 16.5. The van der Waals surface area contributed by atoms with Gasteiger partial charge in [0.05, 0.1) is 12.2 Å². The van der Waals surface area contributed by atoms with Gasteiger partial charge in [0.15, 0.2) is 0 Å². The van der Waals surface area contributed by atoms with Crippen molar-refractivity contribution in [1.29, 1.82) is 0 Å². The lowest BCUT2D eigenvalue weighted by molar-refractivity contribution is -0.0220. The summed E-state index contributed by atoms with van der Waals surface area (Å²) >= 11 is 0. The Hall–Kier alpha value is -0.860. The summed E-state index contributed by atoms with van der Waals surface area (Å²) < 4.78 is 5.96. The Bertz CT molecular complexity index is 305. The number of hydrogen-bond donors (Lipinski definition) is 1.